The molecule has 1 amide bonds. The SMILES string of the molecule is O=C(CN1Cc2cnccc2C1c1cc(C(F)(F)F)c(=O)[nH]n1)N1CCN(c2ncc(C(F)(F)F)cn2)CC1. The Labute approximate surface area is 216 Å². The zero-order valence-electron chi connectivity index (χ0n) is 20.0. The van der Waals surface area contributed by atoms with Crippen LogP contribution in [0, 0.1) is 0 Å². The molecule has 0 spiro atoms. The number of fused-ring (bicyclic) bond motifs is 1. The highest BCUT2D eigenvalue weighted by molar-refractivity contribution is 5.79. The number of pyridine rings is 1. The van der Waals surface area contributed by atoms with Crippen molar-refractivity contribution in [1.82, 2.24) is 34.9 Å². The zero-order chi connectivity index (χ0) is 27.9. The Morgan fingerprint density at radius 1 is 1.00 bits per heavy atom. The van der Waals surface area contributed by atoms with Crippen molar-refractivity contribution in [2.75, 3.05) is 37.6 Å². The van der Waals surface area contributed by atoms with Gasteiger partial charge in [-0.25, -0.2) is 15.1 Å². The lowest BCUT2D eigenvalue weighted by molar-refractivity contribution is -0.139. The first kappa shape index (κ1) is 26.5. The van der Waals surface area contributed by atoms with Gasteiger partial charge in [0.1, 0.15) is 5.56 Å². The van der Waals surface area contributed by atoms with Gasteiger partial charge < -0.3 is 9.80 Å². The average Bonchev–Trinajstić information content (AvgIpc) is 3.26. The van der Waals surface area contributed by atoms with E-state index in [1.807, 2.05) is 5.10 Å². The number of carbonyl (C=O) groups excluding carboxylic acids is 1. The summed E-state index contributed by atoms with van der Waals surface area (Å²) in [6, 6.07) is 1.50. The molecule has 39 heavy (non-hydrogen) atoms. The Kier molecular flexibility index (Phi) is 6.74. The molecule has 5 rings (SSSR count). The third-order valence-corrected chi connectivity index (χ3v) is 6.60. The lowest BCUT2D eigenvalue weighted by Gasteiger charge is -2.36. The summed E-state index contributed by atoms with van der Waals surface area (Å²) >= 11 is 0. The molecular formula is C23H20F6N8O2. The largest absolute Gasteiger partial charge is 0.421 e. The van der Waals surface area contributed by atoms with E-state index in [0.717, 1.165) is 0 Å². The van der Waals surface area contributed by atoms with Crippen molar-refractivity contribution in [3.63, 3.8) is 0 Å². The summed E-state index contributed by atoms with van der Waals surface area (Å²) in [5, 5.41) is 5.76. The first-order chi connectivity index (χ1) is 18.4. The van der Waals surface area contributed by atoms with E-state index >= 15 is 0 Å². The highest BCUT2D eigenvalue weighted by Gasteiger charge is 2.39. The van der Waals surface area contributed by atoms with Crippen LogP contribution >= 0.6 is 0 Å². The number of hydrogen-bond acceptors (Lipinski definition) is 8. The Hall–Kier alpha value is -4.08. The van der Waals surface area contributed by atoms with E-state index in [-0.39, 0.29) is 56.8 Å². The van der Waals surface area contributed by atoms with Crippen LogP contribution in [-0.2, 0) is 23.7 Å². The number of piperazine rings is 1. The normalized spacial score (nSPS) is 18.4. The van der Waals surface area contributed by atoms with Crippen molar-refractivity contribution in [1.29, 1.82) is 0 Å². The molecule has 1 unspecified atom stereocenters. The maximum Gasteiger partial charge on any atom is 0.421 e. The number of H-pyrrole nitrogens is 1. The van der Waals surface area contributed by atoms with Crippen LogP contribution in [0.25, 0.3) is 0 Å². The summed E-state index contributed by atoms with van der Waals surface area (Å²) < 4.78 is 78.5. The van der Waals surface area contributed by atoms with Gasteiger partial charge in [-0.1, -0.05) is 0 Å². The molecule has 1 fully saturated rings. The van der Waals surface area contributed by atoms with E-state index in [0.29, 0.717) is 29.6 Å². The van der Waals surface area contributed by atoms with Gasteiger partial charge in [-0.2, -0.15) is 31.4 Å². The maximum absolute atomic E-state index is 13.4. The number of aromatic nitrogens is 5. The molecule has 1 N–H and O–H groups in total. The van der Waals surface area contributed by atoms with E-state index in [9.17, 15) is 35.9 Å². The molecule has 0 saturated carbocycles. The Balaban J connectivity index is 1.30. The lowest BCUT2D eigenvalue weighted by Crippen LogP contribution is -2.51. The molecule has 1 saturated heterocycles. The van der Waals surface area contributed by atoms with Crippen LogP contribution in [0.3, 0.4) is 0 Å². The molecule has 5 heterocycles. The van der Waals surface area contributed by atoms with E-state index in [2.05, 4.69) is 20.1 Å². The minimum absolute atomic E-state index is 0.0658. The fourth-order valence-electron chi connectivity index (χ4n) is 4.67. The van der Waals surface area contributed by atoms with Gasteiger partial charge in [0.05, 0.1) is 23.8 Å². The van der Waals surface area contributed by atoms with E-state index < -0.39 is 35.1 Å². The summed E-state index contributed by atoms with van der Waals surface area (Å²) in [6.45, 7) is 1.11. The van der Waals surface area contributed by atoms with Crippen LogP contribution in [-0.4, -0.2) is 73.6 Å². The molecule has 206 valence electrons. The average molecular weight is 554 g/mol. The standard InChI is InChI=1S/C23H20F6N8O2/c24-22(25,26)14-9-31-21(32-10-14)36-5-3-35(4-6-36)18(38)12-37-11-13-8-30-2-1-15(13)19(37)17-7-16(23(27,28)29)20(39)34-33-17/h1-2,7-10,19H,3-6,11-12H2,(H,34,39). The smallest absolute Gasteiger partial charge is 0.338 e. The first-order valence-electron chi connectivity index (χ1n) is 11.7. The summed E-state index contributed by atoms with van der Waals surface area (Å²) in [7, 11) is 0. The fraction of sp³-hybridized carbons (Fsp3) is 0.391. The number of aromatic amines is 1. The molecule has 1 atom stereocenters. The minimum atomic E-state index is -4.89. The highest BCUT2D eigenvalue weighted by atomic mass is 19.4. The Bertz CT molecular complexity index is 1420. The molecule has 2 aliphatic rings. The van der Waals surface area contributed by atoms with E-state index in [1.54, 1.807) is 27.0 Å². The van der Waals surface area contributed by atoms with Gasteiger partial charge in [0.25, 0.3) is 5.56 Å². The molecular weight excluding hydrogens is 534 g/mol. The summed E-state index contributed by atoms with van der Waals surface area (Å²) in [6.07, 6.45) is -4.99. The number of rotatable bonds is 4. The van der Waals surface area contributed by atoms with Gasteiger partial charge in [0.15, 0.2) is 0 Å². The topological polar surface area (TPSA) is 111 Å². The molecule has 3 aromatic heterocycles. The van der Waals surface area contributed by atoms with Crippen LogP contribution in [0.5, 0.6) is 0 Å². The van der Waals surface area contributed by atoms with Gasteiger partial charge in [0.2, 0.25) is 11.9 Å². The maximum atomic E-state index is 13.4. The predicted octanol–water partition coefficient (Wildman–Crippen LogP) is 2.25. The van der Waals surface area contributed by atoms with Crippen LogP contribution in [0.1, 0.15) is 34.0 Å². The van der Waals surface area contributed by atoms with Crippen LogP contribution < -0.4 is 10.5 Å². The zero-order valence-corrected chi connectivity index (χ0v) is 20.0. The Morgan fingerprint density at radius 2 is 1.69 bits per heavy atom. The number of amides is 1. The Morgan fingerprint density at radius 3 is 2.33 bits per heavy atom. The second-order valence-electron chi connectivity index (χ2n) is 9.05. The van der Waals surface area contributed by atoms with Gasteiger partial charge in [-0.15, -0.1) is 0 Å². The van der Waals surface area contributed by atoms with Gasteiger partial charge in [-0.05, 0) is 23.3 Å². The third-order valence-electron chi connectivity index (χ3n) is 6.60. The second-order valence-corrected chi connectivity index (χ2v) is 9.05. The number of nitrogens with one attached hydrogen (secondary N) is 1. The van der Waals surface area contributed by atoms with Crippen molar-refractivity contribution < 1.29 is 31.1 Å². The monoisotopic (exact) mass is 554 g/mol. The fourth-order valence-corrected chi connectivity index (χ4v) is 4.67. The number of carbonyl (C=O) groups is 1. The number of hydrogen-bond donors (Lipinski definition) is 1. The number of alkyl halides is 6. The molecule has 16 heteroatoms. The molecule has 2 aliphatic heterocycles. The van der Waals surface area contributed by atoms with Crippen molar-refractivity contribution in [2.24, 2.45) is 0 Å². The second kappa shape index (κ2) is 9.91. The molecule has 0 bridgehead atoms. The summed E-state index contributed by atoms with van der Waals surface area (Å²) in [5.41, 5.74) is -2.45. The van der Waals surface area contributed by atoms with Gasteiger partial charge >= 0.3 is 12.4 Å². The van der Waals surface area contributed by atoms with Gasteiger partial charge in [-0.3, -0.25) is 19.5 Å². The molecule has 0 radical (unpaired) electrons. The molecule has 3 aromatic rings. The quantitative estimate of drug-likeness (QED) is 0.489. The number of anilines is 1. The van der Waals surface area contributed by atoms with Crippen molar-refractivity contribution >= 4 is 11.9 Å². The lowest BCUT2D eigenvalue weighted by atomic mass is 10.0. The predicted molar refractivity (Wildman–Crippen MR) is 122 cm³/mol. The first-order valence-corrected chi connectivity index (χ1v) is 11.7. The minimum Gasteiger partial charge on any atom is -0.338 e. The number of nitrogens with zero attached hydrogens (tertiary/aromatic N) is 7. The van der Waals surface area contributed by atoms with E-state index in [4.69, 9.17) is 0 Å². The van der Waals surface area contributed by atoms with Crippen LogP contribution in [0.15, 0.2) is 41.7 Å². The molecule has 10 nitrogen and oxygen atoms in total. The molecule has 0 aliphatic carbocycles. The van der Waals surface area contributed by atoms with E-state index in [1.165, 1.54) is 6.20 Å². The van der Waals surface area contributed by atoms with Crippen molar-refractivity contribution in [3.8, 4) is 0 Å². The van der Waals surface area contributed by atoms with Gasteiger partial charge in [0, 0.05) is 57.5 Å². The van der Waals surface area contributed by atoms with Crippen LogP contribution in [0.4, 0.5) is 32.3 Å². The summed E-state index contributed by atoms with van der Waals surface area (Å²) in [5.74, 6) is -0.184. The summed E-state index contributed by atoms with van der Waals surface area (Å²) in [4.78, 5) is 41.4. The van der Waals surface area contributed by atoms with Crippen molar-refractivity contribution in [2.45, 2.75) is 24.9 Å². The third kappa shape index (κ3) is 5.41. The van der Waals surface area contributed by atoms with Crippen LogP contribution in [0.2, 0.25) is 0 Å². The highest BCUT2D eigenvalue weighted by Crippen LogP contribution is 2.38. The molecule has 0 aromatic carbocycles. The van der Waals surface area contributed by atoms with Crippen molar-refractivity contribution in [3.05, 3.63) is 75.2 Å². The number of halogens is 6.